The maximum Gasteiger partial charge on any atom is 0.236 e. The van der Waals surface area contributed by atoms with Crippen LogP contribution in [0.4, 0.5) is 0 Å². The van der Waals surface area contributed by atoms with Crippen molar-refractivity contribution in [1.29, 1.82) is 0 Å². The van der Waals surface area contributed by atoms with Crippen LogP contribution >= 0.6 is 0 Å². The molecule has 27 heavy (non-hydrogen) atoms. The van der Waals surface area contributed by atoms with Crippen LogP contribution < -0.4 is 5.32 Å². The average Bonchev–Trinajstić information content (AvgIpc) is 2.70. The summed E-state index contributed by atoms with van der Waals surface area (Å²) in [5.41, 5.74) is 0. The highest BCUT2D eigenvalue weighted by atomic mass is 16.5. The molecule has 3 heterocycles. The molecule has 0 aromatic carbocycles. The van der Waals surface area contributed by atoms with Crippen molar-refractivity contribution in [2.75, 3.05) is 58.9 Å². The lowest BCUT2D eigenvalue weighted by molar-refractivity contribution is -0.140. The molecule has 0 saturated carbocycles. The van der Waals surface area contributed by atoms with E-state index in [4.69, 9.17) is 4.74 Å². The predicted octanol–water partition coefficient (Wildman–Crippen LogP) is 0.690. The fraction of sp³-hybridized carbons (Fsp3) is 0.900. The first-order valence-electron chi connectivity index (χ1n) is 10.8. The highest BCUT2D eigenvalue weighted by Crippen LogP contribution is 2.19. The number of rotatable bonds is 6. The summed E-state index contributed by atoms with van der Waals surface area (Å²) < 4.78 is 6.26. The molecule has 7 nitrogen and oxygen atoms in total. The van der Waals surface area contributed by atoms with Crippen molar-refractivity contribution in [3.63, 3.8) is 0 Å². The van der Waals surface area contributed by atoms with Crippen LogP contribution in [0.2, 0.25) is 0 Å². The molecule has 3 fully saturated rings. The normalized spacial score (nSPS) is 23.6. The monoisotopic (exact) mass is 380 g/mol. The summed E-state index contributed by atoms with van der Waals surface area (Å²) >= 11 is 0. The van der Waals surface area contributed by atoms with Gasteiger partial charge in [0.2, 0.25) is 11.8 Å². The number of carbonyl (C=O) groups is 2. The minimum absolute atomic E-state index is 0.204. The SMILES string of the molecule is CCCC(=O)N1CCN(C(=O)CN2CCC(OC3CCNCC3)CC2)CC1. The van der Waals surface area contributed by atoms with Crippen molar-refractivity contribution >= 4 is 11.8 Å². The number of piperazine rings is 1. The number of ether oxygens (including phenoxy) is 1. The number of carbonyl (C=O) groups excluding carboxylic acids is 2. The topological polar surface area (TPSA) is 65.1 Å². The molecule has 0 aromatic heterocycles. The van der Waals surface area contributed by atoms with Gasteiger partial charge < -0.3 is 19.9 Å². The van der Waals surface area contributed by atoms with Gasteiger partial charge in [-0.15, -0.1) is 0 Å². The molecule has 0 atom stereocenters. The van der Waals surface area contributed by atoms with Gasteiger partial charge in [0, 0.05) is 45.7 Å². The van der Waals surface area contributed by atoms with Crippen molar-refractivity contribution in [3.8, 4) is 0 Å². The third kappa shape index (κ3) is 6.16. The first-order valence-corrected chi connectivity index (χ1v) is 10.8. The Balaban J connectivity index is 1.33. The molecule has 0 unspecified atom stereocenters. The number of hydrogen-bond donors (Lipinski definition) is 1. The fourth-order valence-electron chi connectivity index (χ4n) is 4.28. The standard InChI is InChI=1S/C20H36N4O3/c1-2-3-19(25)23-12-14-24(15-13-23)20(26)16-22-10-6-18(7-11-22)27-17-4-8-21-9-5-17/h17-18,21H,2-16H2,1H3. The van der Waals surface area contributed by atoms with Gasteiger partial charge in [-0.2, -0.15) is 0 Å². The van der Waals surface area contributed by atoms with Gasteiger partial charge in [0.1, 0.15) is 0 Å². The Morgan fingerprint density at radius 1 is 0.852 bits per heavy atom. The molecule has 2 amide bonds. The molecule has 0 radical (unpaired) electrons. The van der Waals surface area contributed by atoms with E-state index in [0.29, 0.717) is 51.4 Å². The number of amides is 2. The van der Waals surface area contributed by atoms with Crippen molar-refractivity contribution < 1.29 is 14.3 Å². The quantitative estimate of drug-likeness (QED) is 0.735. The molecule has 3 aliphatic rings. The Hall–Kier alpha value is -1.18. The highest BCUT2D eigenvalue weighted by Gasteiger charge is 2.28. The van der Waals surface area contributed by atoms with E-state index in [1.807, 2.05) is 16.7 Å². The largest absolute Gasteiger partial charge is 0.375 e. The van der Waals surface area contributed by atoms with Crippen molar-refractivity contribution in [1.82, 2.24) is 20.0 Å². The van der Waals surface area contributed by atoms with E-state index in [-0.39, 0.29) is 11.8 Å². The molecule has 3 saturated heterocycles. The lowest BCUT2D eigenvalue weighted by atomic mass is 10.1. The lowest BCUT2D eigenvalue weighted by Gasteiger charge is -2.38. The number of nitrogens with zero attached hydrogens (tertiary/aromatic N) is 3. The van der Waals surface area contributed by atoms with E-state index in [0.717, 1.165) is 58.3 Å². The van der Waals surface area contributed by atoms with Crippen LogP contribution in [-0.4, -0.2) is 97.6 Å². The third-order valence-corrected chi connectivity index (χ3v) is 6.01. The Morgan fingerprint density at radius 2 is 1.41 bits per heavy atom. The van der Waals surface area contributed by atoms with E-state index >= 15 is 0 Å². The molecule has 0 aromatic rings. The molecule has 3 rings (SSSR count). The van der Waals surface area contributed by atoms with Crippen molar-refractivity contribution in [2.45, 2.75) is 57.7 Å². The van der Waals surface area contributed by atoms with Gasteiger partial charge >= 0.3 is 0 Å². The lowest BCUT2D eigenvalue weighted by Crippen LogP contribution is -2.53. The van der Waals surface area contributed by atoms with Crippen LogP contribution in [0, 0.1) is 0 Å². The zero-order valence-corrected chi connectivity index (χ0v) is 16.8. The Bertz CT molecular complexity index is 480. The highest BCUT2D eigenvalue weighted by molar-refractivity contribution is 5.79. The minimum atomic E-state index is 0.204. The molecule has 0 spiro atoms. The van der Waals surface area contributed by atoms with Gasteiger partial charge in [0.25, 0.3) is 0 Å². The third-order valence-electron chi connectivity index (χ3n) is 6.01. The van der Waals surface area contributed by atoms with E-state index < -0.39 is 0 Å². The summed E-state index contributed by atoms with van der Waals surface area (Å²) in [6.45, 7) is 9.24. The zero-order chi connectivity index (χ0) is 19.1. The summed E-state index contributed by atoms with van der Waals surface area (Å²) in [6, 6.07) is 0. The maximum absolute atomic E-state index is 12.6. The van der Waals surface area contributed by atoms with Gasteiger partial charge in [0.05, 0.1) is 18.8 Å². The minimum Gasteiger partial charge on any atom is -0.375 e. The van der Waals surface area contributed by atoms with Crippen LogP contribution in [0.5, 0.6) is 0 Å². The second-order valence-corrected chi connectivity index (χ2v) is 8.07. The molecule has 1 N–H and O–H groups in total. The van der Waals surface area contributed by atoms with E-state index in [9.17, 15) is 9.59 Å². The van der Waals surface area contributed by atoms with Gasteiger partial charge in [-0.1, -0.05) is 6.92 Å². The molecule has 0 bridgehead atoms. The molecule has 154 valence electrons. The molecule has 7 heteroatoms. The number of nitrogens with one attached hydrogen (secondary N) is 1. The summed E-state index contributed by atoms with van der Waals surface area (Å²) in [4.78, 5) is 30.7. The van der Waals surface area contributed by atoms with E-state index in [2.05, 4.69) is 10.2 Å². The fourth-order valence-corrected chi connectivity index (χ4v) is 4.28. The van der Waals surface area contributed by atoms with Gasteiger partial charge in [0.15, 0.2) is 0 Å². The number of likely N-dealkylation sites (tertiary alicyclic amines) is 1. The molecular formula is C20H36N4O3. The summed E-state index contributed by atoms with van der Waals surface area (Å²) in [7, 11) is 0. The van der Waals surface area contributed by atoms with Crippen LogP contribution in [-0.2, 0) is 14.3 Å². The zero-order valence-electron chi connectivity index (χ0n) is 16.8. The Morgan fingerprint density at radius 3 is 2.00 bits per heavy atom. The van der Waals surface area contributed by atoms with Gasteiger partial charge in [-0.25, -0.2) is 0 Å². The second kappa shape index (κ2) is 10.4. The molecule has 0 aliphatic carbocycles. The van der Waals surface area contributed by atoms with Crippen LogP contribution in [0.25, 0.3) is 0 Å². The summed E-state index contributed by atoms with van der Waals surface area (Å²) in [5.74, 6) is 0.427. The average molecular weight is 381 g/mol. The van der Waals surface area contributed by atoms with Gasteiger partial charge in [-0.3, -0.25) is 14.5 Å². The summed E-state index contributed by atoms with van der Waals surface area (Å²) in [5, 5.41) is 3.37. The van der Waals surface area contributed by atoms with E-state index in [1.54, 1.807) is 0 Å². The smallest absolute Gasteiger partial charge is 0.236 e. The first-order chi connectivity index (χ1) is 13.2. The molecule has 3 aliphatic heterocycles. The number of hydrogen-bond acceptors (Lipinski definition) is 5. The van der Waals surface area contributed by atoms with Crippen LogP contribution in [0.1, 0.15) is 45.4 Å². The van der Waals surface area contributed by atoms with Crippen LogP contribution in [0.15, 0.2) is 0 Å². The predicted molar refractivity (Wildman–Crippen MR) is 105 cm³/mol. The Kier molecular flexibility index (Phi) is 7.91. The van der Waals surface area contributed by atoms with Crippen LogP contribution in [0.3, 0.4) is 0 Å². The maximum atomic E-state index is 12.6. The number of piperidine rings is 2. The summed E-state index contributed by atoms with van der Waals surface area (Å²) in [6.07, 6.45) is 6.55. The van der Waals surface area contributed by atoms with Crippen molar-refractivity contribution in [2.24, 2.45) is 0 Å². The van der Waals surface area contributed by atoms with Gasteiger partial charge in [-0.05, 0) is 45.2 Å². The molecular weight excluding hydrogens is 344 g/mol. The van der Waals surface area contributed by atoms with Crippen molar-refractivity contribution in [3.05, 3.63) is 0 Å². The van der Waals surface area contributed by atoms with E-state index in [1.165, 1.54) is 0 Å². The second-order valence-electron chi connectivity index (χ2n) is 8.07. The first kappa shape index (κ1) is 20.6. The Labute approximate surface area is 163 Å².